The van der Waals surface area contributed by atoms with Crippen LogP contribution in [-0.4, -0.2) is 43.3 Å². The second-order valence-electron chi connectivity index (χ2n) is 3.28. The van der Waals surface area contributed by atoms with Gasteiger partial charge in [0, 0.05) is 24.7 Å². The average molecular weight is 243 g/mol. The molecule has 5 nitrogen and oxygen atoms in total. The summed E-state index contributed by atoms with van der Waals surface area (Å²) in [6.45, 7) is 0.107. The van der Waals surface area contributed by atoms with Crippen LogP contribution in [0.25, 0.3) is 0 Å². The molecule has 0 N–H and O–H groups in total. The van der Waals surface area contributed by atoms with Gasteiger partial charge in [-0.05, 0) is 12.2 Å². The van der Waals surface area contributed by atoms with Gasteiger partial charge in [0.1, 0.15) is 13.1 Å². The molecular formula is C13H13N3O2. The highest BCUT2D eigenvalue weighted by molar-refractivity contribution is 6.28. The topological polar surface area (TPSA) is 71.2 Å². The minimum absolute atomic E-state index is 0.0425. The molecule has 0 aliphatic carbocycles. The minimum Gasteiger partial charge on any atom is -0.293 e. The summed E-state index contributed by atoms with van der Waals surface area (Å²) in [5, 5.41) is 0. The van der Waals surface area contributed by atoms with Crippen molar-refractivity contribution in [1.82, 2.24) is 0 Å². The molecule has 1 aliphatic heterocycles. The molecule has 0 unspecified atom stereocenters. The van der Waals surface area contributed by atoms with Crippen molar-refractivity contribution < 1.29 is 9.59 Å². The Labute approximate surface area is 105 Å². The molecule has 0 atom stereocenters. The van der Waals surface area contributed by atoms with Gasteiger partial charge in [0.25, 0.3) is 0 Å². The Kier molecular flexibility index (Phi) is 6.58. The molecular weight excluding hydrogens is 230 g/mol. The largest absolute Gasteiger partial charge is 0.293 e. The van der Waals surface area contributed by atoms with Crippen LogP contribution in [-0.2, 0) is 9.59 Å². The van der Waals surface area contributed by atoms with Crippen molar-refractivity contribution in [1.29, 1.82) is 0 Å². The van der Waals surface area contributed by atoms with Gasteiger partial charge in [0.05, 0.1) is 6.21 Å². The maximum Gasteiger partial charge on any atom is 0.195 e. The van der Waals surface area contributed by atoms with E-state index in [0.717, 1.165) is 6.21 Å². The molecule has 0 amide bonds. The lowest BCUT2D eigenvalue weighted by molar-refractivity contribution is -0.113. The zero-order chi connectivity index (χ0) is 13.1. The number of aliphatic imine (C=N–C) groups is 3. The average Bonchev–Trinajstić information content (AvgIpc) is 2.35. The van der Waals surface area contributed by atoms with E-state index in [1.165, 1.54) is 12.3 Å². The first-order valence-electron chi connectivity index (χ1n) is 5.36. The zero-order valence-corrected chi connectivity index (χ0v) is 9.77. The van der Waals surface area contributed by atoms with Gasteiger partial charge >= 0.3 is 0 Å². The van der Waals surface area contributed by atoms with Crippen molar-refractivity contribution in [2.75, 3.05) is 13.1 Å². The van der Waals surface area contributed by atoms with E-state index >= 15 is 0 Å². The Balaban J connectivity index is 2.71. The summed E-state index contributed by atoms with van der Waals surface area (Å²) in [6.07, 6.45) is 13.7. The van der Waals surface area contributed by atoms with Gasteiger partial charge in [0.2, 0.25) is 0 Å². The fourth-order valence-electron chi connectivity index (χ4n) is 0.981. The molecule has 0 radical (unpaired) electrons. The van der Waals surface area contributed by atoms with Crippen molar-refractivity contribution in [3.05, 3.63) is 36.6 Å². The predicted octanol–water partition coefficient (Wildman–Crippen LogP) is 0.977. The van der Waals surface area contributed by atoms with Crippen LogP contribution in [0.2, 0.25) is 0 Å². The van der Waals surface area contributed by atoms with Crippen molar-refractivity contribution in [2.24, 2.45) is 15.0 Å². The third-order valence-corrected chi connectivity index (χ3v) is 1.78. The van der Waals surface area contributed by atoms with Gasteiger partial charge in [-0.25, -0.2) is 0 Å². The molecule has 0 saturated carbocycles. The third kappa shape index (κ3) is 6.95. The summed E-state index contributed by atoms with van der Waals surface area (Å²) in [7, 11) is 0. The van der Waals surface area contributed by atoms with Crippen LogP contribution >= 0.6 is 0 Å². The van der Waals surface area contributed by atoms with E-state index in [4.69, 9.17) is 0 Å². The number of nitrogens with zero attached hydrogens (tertiary/aromatic N) is 3. The van der Waals surface area contributed by atoms with Crippen LogP contribution in [0.3, 0.4) is 0 Å². The lowest BCUT2D eigenvalue weighted by atomic mass is 10.4. The van der Waals surface area contributed by atoms with E-state index in [2.05, 4.69) is 15.0 Å². The summed E-state index contributed by atoms with van der Waals surface area (Å²) in [5.74, 6) is -0.401. The number of carbonyl (C=O) groups is 2. The molecule has 1 rings (SSSR count). The number of carbonyl (C=O) groups excluding carboxylic acids is 2. The Morgan fingerprint density at radius 3 is 2.11 bits per heavy atom. The first-order valence-corrected chi connectivity index (χ1v) is 5.36. The second kappa shape index (κ2) is 8.69. The van der Waals surface area contributed by atoms with Crippen molar-refractivity contribution in [2.45, 2.75) is 0 Å². The molecule has 5 heteroatoms. The molecule has 0 aromatic carbocycles. The zero-order valence-electron chi connectivity index (χ0n) is 9.77. The standard InChI is InChI=1S/C13H13N3O2/c17-12-5-8-16-11-13(18)10-15-7-4-2-1-3-6-14-9-12/h1-8,11H,9-10H2. The quantitative estimate of drug-likeness (QED) is 0.636. The summed E-state index contributed by atoms with van der Waals surface area (Å²) in [6, 6.07) is 0. The van der Waals surface area contributed by atoms with Gasteiger partial charge in [-0.15, -0.1) is 0 Å². The van der Waals surface area contributed by atoms with Crippen molar-refractivity contribution >= 4 is 30.2 Å². The summed E-state index contributed by atoms with van der Waals surface area (Å²) < 4.78 is 0. The van der Waals surface area contributed by atoms with Crippen molar-refractivity contribution in [3.63, 3.8) is 0 Å². The lowest BCUT2D eigenvalue weighted by Crippen LogP contribution is -2.03. The fraction of sp³-hybridized carbons (Fsp3) is 0.154. The molecule has 0 bridgehead atoms. The molecule has 0 spiro atoms. The Morgan fingerprint density at radius 2 is 1.44 bits per heavy atom. The van der Waals surface area contributed by atoms with Gasteiger partial charge in [-0.1, -0.05) is 12.2 Å². The minimum atomic E-state index is -0.225. The number of hydrogen-bond acceptors (Lipinski definition) is 5. The number of ketones is 2. The van der Waals surface area contributed by atoms with Crippen molar-refractivity contribution in [3.8, 4) is 0 Å². The smallest absolute Gasteiger partial charge is 0.195 e. The molecule has 0 aromatic heterocycles. The highest BCUT2D eigenvalue weighted by Crippen LogP contribution is 1.83. The predicted molar refractivity (Wildman–Crippen MR) is 72.6 cm³/mol. The molecule has 0 saturated heterocycles. The molecule has 1 aliphatic rings. The van der Waals surface area contributed by atoms with Crippen LogP contribution < -0.4 is 0 Å². The lowest BCUT2D eigenvalue weighted by Gasteiger charge is -1.87. The summed E-state index contributed by atoms with van der Waals surface area (Å²) in [4.78, 5) is 33.9. The highest BCUT2D eigenvalue weighted by Gasteiger charge is 1.93. The summed E-state index contributed by atoms with van der Waals surface area (Å²) >= 11 is 0. The van der Waals surface area contributed by atoms with Gasteiger partial charge in [0.15, 0.2) is 11.6 Å². The van der Waals surface area contributed by atoms with Crippen LogP contribution in [0, 0.1) is 0 Å². The monoisotopic (exact) mass is 243 g/mol. The first kappa shape index (κ1) is 13.6. The van der Waals surface area contributed by atoms with Crippen LogP contribution in [0.15, 0.2) is 51.6 Å². The molecule has 1 heterocycles. The second-order valence-corrected chi connectivity index (χ2v) is 3.28. The van der Waals surface area contributed by atoms with E-state index in [0.29, 0.717) is 0 Å². The maximum atomic E-state index is 11.2. The number of hydrogen-bond donors (Lipinski definition) is 0. The van der Waals surface area contributed by atoms with Crippen LogP contribution in [0.1, 0.15) is 0 Å². The molecule has 92 valence electrons. The van der Waals surface area contributed by atoms with E-state index in [1.54, 1.807) is 36.7 Å². The Hall–Kier alpha value is -2.43. The summed E-state index contributed by atoms with van der Waals surface area (Å²) in [5.41, 5.74) is 0. The van der Waals surface area contributed by atoms with Gasteiger partial charge in [-0.3, -0.25) is 24.6 Å². The number of rotatable bonds is 0. The third-order valence-electron chi connectivity index (χ3n) is 1.78. The van der Waals surface area contributed by atoms with Gasteiger partial charge < -0.3 is 0 Å². The van der Waals surface area contributed by atoms with E-state index in [-0.39, 0.29) is 24.7 Å². The fourth-order valence-corrected chi connectivity index (χ4v) is 0.981. The normalized spacial score (nSPS) is 17.6. The van der Waals surface area contributed by atoms with Gasteiger partial charge in [-0.2, -0.15) is 0 Å². The molecule has 0 aromatic rings. The first-order chi connectivity index (χ1) is 8.79. The number of Topliss-reactive ketones (excluding diaryl/α,β-unsaturated/α-hetero) is 1. The SMILES string of the molecule is O=C1C=CN=CC(=O)CN=CC=CC=CC=NC1. The Morgan fingerprint density at radius 1 is 0.833 bits per heavy atom. The maximum absolute atomic E-state index is 11.2. The van der Waals surface area contributed by atoms with E-state index in [1.807, 2.05) is 0 Å². The Bertz CT molecular complexity index is 425. The van der Waals surface area contributed by atoms with Crippen LogP contribution in [0.4, 0.5) is 0 Å². The highest BCUT2D eigenvalue weighted by atomic mass is 16.1. The van der Waals surface area contributed by atoms with E-state index < -0.39 is 0 Å². The van der Waals surface area contributed by atoms with Crippen LogP contribution in [0.5, 0.6) is 0 Å². The number of allylic oxidation sites excluding steroid dienone is 4. The molecule has 0 fully saturated rings. The molecule has 18 heavy (non-hydrogen) atoms. The van der Waals surface area contributed by atoms with E-state index in [9.17, 15) is 9.59 Å².